The second-order valence-electron chi connectivity index (χ2n) is 5.40. The van der Waals surface area contributed by atoms with E-state index in [4.69, 9.17) is 4.74 Å². The van der Waals surface area contributed by atoms with Crippen LogP contribution in [0.3, 0.4) is 0 Å². The van der Waals surface area contributed by atoms with Crippen molar-refractivity contribution in [3.8, 4) is 0 Å². The number of carbonyl (C=O) groups is 1. The lowest BCUT2D eigenvalue weighted by atomic mass is 10.2. The Morgan fingerprint density at radius 3 is 2.78 bits per heavy atom. The van der Waals surface area contributed by atoms with Crippen LogP contribution in [0.25, 0.3) is 0 Å². The molecule has 0 N–H and O–H groups in total. The highest BCUT2D eigenvalue weighted by atomic mass is 127. The standard InChI is InChI=1S/C12H18IN3O2/c1-12(2,3)18-11(17)15-5-4-9-8-10(13)14-16(9)7-6-15/h8H,4-7H2,1-3H3. The van der Waals surface area contributed by atoms with Crippen LogP contribution in [0.4, 0.5) is 4.79 Å². The maximum atomic E-state index is 12.0. The monoisotopic (exact) mass is 363 g/mol. The van der Waals surface area contributed by atoms with E-state index in [9.17, 15) is 4.79 Å². The van der Waals surface area contributed by atoms with Crippen molar-refractivity contribution >= 4 is 28.7 Å². The molecule has 2 rings (SSSR count). The average Bonchev–Trinajstić information content (AvgIpc) is 2.45. The van der Waals surface area contributed by atoms with E-state index in [0.29, 0.717) is 13.1 Å². The van der Waals surface area contributed by atoms with Gasteiger partial charge in [0.25, 0.3) is 0 Å². The third-order valence-corrected chi connectivity index (χ3v) is 3.23. The zero-order chi connectivity index (χ0) is 13.3. The predicted molar refractivity (Wildman–Crippen MR) is 76.5 cm³/mol. The fourth-order valence-electron chi connectivity index (χ4n) is 1.90. The fraction of sp³-hybridized carbons (Fsp3) is 0.667. The average molecular weight is 363 g/mol. The summed E-state index contributed by atoms with van der Waals surface area (Å²) in [6.45, 7) is 7.73. The minimum Gasteiger partial charge on any atom is -0.444 e. The van der Waals surface area contributed by atoms with Crippen LogP contribution < -0.4 is 0 Å². The molecule has 0 fully saturated rings. The molecular weight excluding hydrogens is 345 g/mol. The quantitative estimate of drug-likeness (QED) is 0.665. The third-order valence-electron chi connectivity index (χ3n) is 2.70. The molecule has 0 radical (unpaired) electrons. The van der Waals surface area contributed by atoms with Crippen molar-refractivity contribution in [2.24, 2.45) is 0 Å². The second kappa shape index (κ2) is 5.07. The smallest absolute Gasteiger partial charge is 0.410 e. The SMILES string of the molecule is CC(C)(C)OC(=O)N1CCc2cc(I)nn2CC1. The number of nitrogens with zero attached hydrogens (tertiary/aromatic N) is 3. The first-order valence-corrected chi connectivity index (χ1v) is 7.13. The largest absolute Gasteiger partial charge is 0.444 e. The van der Waals surface area contributed by atoms with Gasteiger partial charge in [0, 0.05) is 25.2 Å². The summed E-state index contributed by atoms with van der Waals surface area (Å²) < 4.78 is 8.37. The second-order valence-corrected chi connectivity index (χ2v) is 6.50. The van der Waals surface area contributed by atoms with E-state index in [1.165, 1.54) is 5.69 Å². The predicted octanol–water partition coefficient (Wildman–Crippen LogP) is 2.28. The van der Waals surface area contributed by atoms with Gasteiger partial charge in [-0.25, -0.2) is 4.79 Å². The molecule has 2 heterocycles. The van der Waals surface area contributed by atoms with Gasteiger partial charge in [0.05, 0.1) is 6.54 Å². The molecule has 1 aliphatic heterocycles. The Labute approximate surface area is 121 Å². The van der Waals surface area contributed by atoms with Gasteiger partial charge in [0.1, 0.15) is 9.30 Å². The van der Waals surface area contributed by atoms with Gasteiger partial charge < -0.3 is 9.64 Å². The van der Waals surface area contributed by atoms with Gasteiger partial charge in [-0.15, -0.1) is 0 Å². The number of rotatable bonds is 0. The highest BCUT2D eigenvalue weighted by Gasteiger charge is 2.24. The molecule has 0 saturated heterocycles. The molecule has 0 aliphatic carbocycles. The van der Waals surface area contributed by atoms with Gasteiger partial charge >= 0.3 is 6.09 Å². The van der Waals surface area contributed by atoms with E-state index in [2.05, 4.69) is 33.8 Å². The minimum absolute atomic E-state index is 0.233. The highest BCUT2D eigenvalue weighted by molar-refractivity contribution is 14.1. The third kappa shape index (κ3) is 3.37. The van der Waals surface area contributed by atoms with Crippen LogP contribution in [0.5, 0.6) is 0 Å². The van der Waals surface area contributed by atoms with E-state index >= 15 is 0 Å². The first kappa shape index (κ1) is 13.6. The summed E-state index contributed by atoms with van der Waals surface area (Å²) in [5.74, 6) is 0. The summed E-state index contributed by atoms with van der Waals surface area (Å²) in [6.07, 6.45) is 0.595. The van der Waals surface area contributed by atoms with Crippen molar-refractivity contribution < 1.29 is 9.53 Å². The summed E-state index contributed by atoms with van der Waals surface area (Å²) in [7, 11) is 0. The first-order chi connectivity index (χ1) is 8.35. The summed E-state index contributed by atoms with van der Waals surface area (Å²) in [6, 6.07) is 2.07. The number of carbonyl (C=O) groups excluding carboxylic acids is 1. The summed E-state index contributed by atoms with van der Waals surface area (Å²) >= 11 is 2.21. The van der Waals surface area contributed by atoms with Crippen LogP contribution in [0.2, 0.25) is 0 Å². The molecule has 0 unspecified atom stereocenters. The Bertz CT molecular complexity index is 425. The lowest BCUT2D eigenvalue weighted by molar-refractivity contribution is 0.0253. The molecule has 1 amide bonds. The van der Waals surface area contributed by atoms with Crippen molar-refractivity contribution in [1.29, 1.82) is 0 Å². The summed E-state index contributed by atoms with van der Waals surface area (Å²) in [5.41, 5.74) is 0.747. The Morgan fingerprint density at radius 1 is 1.39 bits per heavy atom. The van der Waals surface area contributed by atoms with Crippen molar-refractivity contribution in [3.05, 3.63) is 15.5 Å². The Morgan fingerprint density at radius 2 is 2.11 bits per heavy atom. The van der Waals surface area contributed by atoms with Gasteiger partial charge in [-0.2, -0.15) is 5.10 Å². The van der Waals surface area contributed by atoms with Gasteiger partial charge in [0.15, 0.2) is 0 Å². The Kier molecular flexibility index (Phi) is 3.84. The fourth-order valence-corrected chi connectivity index (χ4v) is 2.52. The zero-order valence-electron chi connectivity index (χ0n) is 10.9. The van der Waals surface area contributed by atoms with Crippen molar-refractivity contribution in [1.82, 2.24) is 14.7 Å². The maximum absolute atomic E-state index is 12.0. The summed E-state index contributed by atoms with van der Waals surface area (Å²) in [5, 5.41) is 4.40. The van der Waals surface area contributed by atoms with E-state index in [1.54, 1.807) is 4.90 Å². The van der Waals surface area contributed by atoms with Crippen LogP contribution in [-0.4, -0.2) is 39.5 Å². The normalized spacial score (nSPS) is 16.1. The lowest BCUT2D eigenvalue weighted by Gasteiger charge is -2.26. The number of aromatic nitrogens is 2. The molecule has 18 heavy (non-hydrogen) atoms. The van der Waals surface area contributed by atoms with Crippen molar-refractivity contribution in [3.63, 3.8) is 0 Å². The molecule has 5 nitrogen and oxygen atoms in total. The van der Waals surface area contributed by atoms with Gasteiger partial charge in [-0.3, -0.25) is 4.68 Å². The molecule has 1 aliphatic rings. The molecule has 1 aromatic rings. The van der Waals surface area contributed by atoms with E-state index < -0.39 is 5.60 Å². The highest BCUT2D eigenvalue weighted by Crippen LogP contribution is 2.15. The number of hydrogen-bond acceptors (Lipinski definition) is 3. The van der Waals surface area contributed by atoms with Crippen molar-refractivity contribution in [2.45, 2.75) is 39.3 Å². The van der Waals surface area contributed by atoms with Crippen molar-refractivity contribution in [2.75, 3.05) is 13.1 Å². The van der Waals surface area contributed by atoms with E-state index in [1.807, 2.05) is 25.5 Å². The summed E-state index contributed by atoms with van der Waals surface area (Å²) in [4.78, 5) is 13.7. The van der Waals surface area contributed by atoms with Gasteiger partial charge in [0.2, 0.25) is 0 Å². The Hall–Kier alpha value is -0.790. The molecule has 0 atom stereocenters. The first-order valence-electron chi connectivity index (χ1n) is 6.05. The molecule has 6 heteroatoms. The number of amides is 1. The molecule has 1 aromatic heterocycles. The number of halogens is 1. The molecule has 0 aromatic carbocycles. The van der Waals surface area contributed by atoms with Crippen LogP contribution in [0, 0.1) is 3.70 Å². The van der Waals surface area contributed by atoms with Crippen LogP contribution in [-0.2, 0) is 17.7 Å². The molecule has 0 spiro atoms. The number of hydrogen-bond donors (Lipinski definition) is 0. The molecule has 100 valence electrons. The number of fused-ring (bicyclic) bond motifs is 1. The van der Waals surface area contributed by atoms with E-state index in [0.717, 1.165) is 16.7 Å². The Balaban J connectivity index is 2.00. The molecule has 0 bridgehead atoms. The van der Waals surface area contributed by atoms with Gasteiger partial charge in [-0.05, 0) is 49.4 Å². The van der Waals surface area contributed by atoms with Crippen LogP contribution >= 0.6 is 22.6 Å². The minimum atomic E-state index is -0.438. The molecule has 0 saturated carbocycles. The topological polar surface area (TPSA) is 47.4 Å². The van der Waals surface area contributed by atoms with Gasteiger partial charge in [-0.1, -0.05) is 0 Å². The molecular formula is C12H18IN3O2. The van der Waals surface area contributed by atoms with Crippen LogP contribution in [0.1, 0.15) is 26.5 Å². The number of ether oxygens (including phenoxy) is 1. The lowest BCUT2D eigenvalue weighted by Crippen LogP contribution is -2.38. The zero-order valence-corrected chi connectivity index (χ0v) is 13.1. The maximum Gasteiger partial charge on any atom is 0.410 e. The van der Waals surface area contributed by atoms with Crippen LogP contribution in [0.15, 0.2) is 6.07 Å². The van der Waals surface area contributed by atoms with E-state index in [-0.39, 0.29) is 6.09 Å².